The predicted octanol–water partition coefficient (Wildman–Crippen LogP) is 1.64. The van der Waals surface area contributed by atoms with E-state index in [1.807, 2.05) is 0 Å². The van der Waals surface area contributed by atoms with Gasteiger partial charge in [-0.15, -0.1) is 0 Å². The maximum Gasteiger partial charge on any atom is 0.459 e. The van der Waals surface area contributed by atoms with Crippen molar-refractivity contribution in [3.8, 4) is 11.8 Å². The second-order valence-electron chi connectivity index (χ2n) is 11.9. The number of carbonyl (C=O) groups is 3. The number of fused-ring (bicyclic) bond motifs is 1. The van der Waals surface area contributed by atoms with E-state index in [0.29, 0.717) is 16.6 Å². The summed E-state index contributed by atoms with van der Waals surface area (Å²) < 4.78 is 42.4. The van der Waals surface area contributed by atoms with E-state index in [1.54, 1.807) is 42.5 Å². The molecule has 0 radical (unpaired) electrons. The Balaban J connectivity index is 1.29. The smallest absolute Gasteiger partial charge is 0.459 e. The van der Waals surface area contributed by atoms with Crippen molar-refractivity contribution in [2.75, 3.05) is 19.5 Å². The summed E-state index contributed by atoms with van der Waals surface area (Å²) in [5.41, 5.74) is 5.34. The van der Waals surface area contributed by atoms with Crippen LogP contribution in [0.3, 0.4) is 0 Å². The van der Waals surface area contributed by atoms with Crippen LogP contribution >= 0.6 is 7.75 Å². The van der Waals surface area contributed by atoms with E-state index >= 15 is 0 Å². The van der Waals surface area contributed by atoms with Gasteiger partial charge in [-0.25, -0.2) is 23.7 Å². The van der Waals surface area contributed by atoms with Gasteiger partial charge in [-0.2, -0.15) is 15.4 Å². The number of carboxylic acids is 1. The molecule has 7 N–H and O–H groups in total. The third kappa shape index (κ3) is 8.89. The Kier molecular flexibility index (Phi) is 11.9. The van der Waals surface area contributed by atoms with Gasteiger partial charge >= 0.3 is 25.8 Å². The van der Waals surface area contributed by atoms with Crippen molar-refractivity contribution in [1.82, 2.24) is 25.0 Å². The number of methoxy groups -OCH3 is 1. The molecule has 1 fully saturated rings. The third-order valence-electron chi connectivity index (χ3n) is 8.19. The molecule has 53 heavy (non-hydrogen) atoms. The Labute approximate surface area is 301 Å². The summed E-state index contributed by atoms with van der Waals surface area (Å²) in [6.45, 7) is 0.318. The zero-order valence-corrected chi connectivity index (χ0v) is 29.2. The molecule has 1 aliphatic rings. The van der Waals surface area contributed by atoms with Gasteiger partial charge in [0.15, 0.2) is 5.82 Å². The number of rotatable bonds is 15. The van der Waals surface area contributed by atoms with Crippen molar-refractivity contribution in [3.05, 3.63) is 89.9 Å². The van der Waals surface area contributed by atoms with E-state index in [-0.39, 0.29) is 30.3 Å². The monoisotopic (exact) mass is 753 g/mol. The van der Waals surface area contributed by atoms with Crippen LogP contribution < -0.4 is 20.7 Å². The lowest BCUT2D eigenvalue weighted by Crippen LogP contribution is -2.46. The average molecular weight is 754 g/mol. The highest BCUT2D eigenvalue weighted by Gasteiger charge is 2.57. The second kappa shape index (κ2) is 16.4. The average Bonchev–Trinajstić information content (AvgIpc) is 3.69. The summed E-state index contributed by atoms with van der Waals surface area (Å²) in [4.78, 5) is 40.4. The number of alkyl carbamates (subject to hydrolysis) is 1. The van der Waals surface area contributed by atoms with Crippen molar-refractivity contribution in [1.29, 1.82) is 5.26 Å². The number of esters is 1. The van der Waals surface area contributed by atoms with Crippen LogP contribution in [0, 0.1) is 11.3 Å². The molecule has 1 saturated heterocycles. The summed E-state index contributed by atoms with van der Waals surface area (Å²) in [6.07, 6.45) is -4.83. The van der Waals surface area contributed by atoms with E-state index in [0.717, 1.165) is 7.11 Å². The minimum Gasteiger partial charge on any atom is -0.480 e. The zero-order valence-electron chi connectivity index (χ0n) is 28.3. The maximum absolute atomic E-state index is 14.1. The number of hydrogen-bond donors (Lipinski definition) is 6. The van der Waals surface area contributed by atoms with Gasteiger partial charge in [-0.3, -0.25) is 9.32 Å². The highest BCUT2D eigenvalue weighted by atomic mass is 31.2. The van der Waals surface area contributed by atoms with Crippen LogP contribution in [0.2, 0.25) is 0 Å². The number of nitrogen functional groups attached to an aromatic ring is 1. The van der Waals surface area contributed by atoms with E-state index in [1.165, 1.54) is 48.1 Å². The molecule has 0 spiro atoms. The van der Waals surface area contributed by atoms with Crippen molar-refractivity contribution < 1.29 is 57.5 Å². The molecule has 20 heteroatoms. The van der Waals surface area contributed by atoms with Gasteiger partial charge in [0.05, 0.1) is 12.8 Å². The molecule has 0 aliphatic carbocycles. The summed E-state index contributed by atoms with van der Waals surface area (Å²) >= 11 is 0. The number of anilines is 1. The minimum atomic E-state index is -4.64. The Morgan fingerprint density at radius 1 is 1.11 bits per heavy atom. The number of nitriles is 1. The normalized spacial score (nSPS) is 21.8. The molecule has 1 aliphatic heterocycles. The highest BCUT2D eigenvalue weighted by Crippen LogP contribution is 2.48. The van der Waals surface area contributed by atoms with Gasteiger partial charge < -0.3 is 45.1 Å². The zero-order chi connectivity index (χ0) is 38.3. The first-order valence-corrected chi connectivity index (χ1v) is 17.4. The van der Waals surface area contributed by atoms with Crippen LogP contribution in [-0.2, 0) is 45.9 Å². The van der Waals surface area contributed by atoms with E-state index in [2.05, 4.69) is 20.5 Å². The molecule has 0 bridgehead atoms. The van der Waals surface area contributed by atoms with Crippen molar-refractivity contribution >= 4 is 37.1 Å². The molecule has 1 unspecified atom stereocenters. The molecule has 19 nitrogen and oxygen atoms in total. The van der Waals surface area contributed by atoms with Gasteiger partial charge in [0.2, 0.25) is 5.60 Å². The Hall–Kier alpha value is -5.61. The number of nitrogens with one attached hydrogen (secondary N) is 2. The van der Waals surface area contributed by atoms with Crippen molar-refractivity contribution in [3.63, 3.8) is 0 Å². The van der Waals surface area contributed by atoms with Crippen LogP contribution in [0.1, 0.15) is 29.8 Å². The van der Waals surface area contributed by atoms with Gasteiger partial charge in [-0.05, 0) is 42.3 Å². The third-order valence-corrected chi connectivity index (χ3v) is 9.81. The van der Waals surface area contributed by atoms with Crippen LogP contribution in [0.25, 0.3) is 5.52 Å². The molecule has 2 aromatic heterocycles. The Morgan fingerprint density at radius 2 is 1.83 bits per heavy atom. The lowest BCUT2D eigenvalue weighted by Gasteiger charge is -2.28. The fourth-order valence-corrected chi connectivity index (χ4v) is 6.90. The maximum atomic E-state index is 14.1. The quantitative estimate of drug-likeness (QED) is 0.0743. The fourth-order valence-electron chi connectivity index (χ4n) is 5.38. The number of carboxylic acid groups (broad SMARTS) is 1. The van der Waals surface area contributed by atoms with Gasteiger partial charge in [-0.1, -0.05) is 42.5 Å². The number of carbonyl (C=O) groups excluding carboxylic acids is 2. The molecule has 280 valence electrons. The largest absolute Gasteiger partial charge is 0.480 e. The lowest BCUT2D eigenvalue weighted by molar-refractivity contribution is -0.142. The van der Waals surface area contributed by atoms with Gasteiger partial charge in [0, 0.05) is 6.42 Å². The minimum absolute atomic E-state index is 0.0626. The second-order valence-corrected chi connectivity index (χ2v) is 13.6. The predicted molar refractivity (Wildman–Crippen MR) is 182 cm³/mol. The number of aromatic nitrogens is 3. The summed E-state index contributed by atoms with van der Waals surface area (Å²) in [5, 5.41) is 50.7. The first-order valence-electron chi connectivity index (χ1n) is 15.9. The van der Waals surface area contributed by atoms with Gasteiger partial charge in [0.25, 0.3) is 0 Å². The topological polar surface area (TPSA) is 279 Å². The van der Waals surface area contributed by atoms with E-state index in [9.17, 15) is 39.5 Å². The van der Waals surface area contributed by atoms with Crippen LogP contribution in [0.15, 0.2) is 73.1 Å². The van der Waals surface area contributed by atoms with Crippen LogP contribution in [0.5, 0.6) is 5.75 Å². The molecular formula is C33H36N7O12P. The standard InChI is InChI=1S/C33H36N7O12P/c1-19(31(45)48-2)39-53(47,50-17-33(16-34)28(42)26(41)27(51-33)24-12-13-25-29(35)36-18-37-40(24)25)52-22-10-8-20(9-11-22)14-23(30(43)44)38-32(46)49-15-21-6-4-3-5-7-21/h3-13,18-19,23,26-28,41-42H,14-15,17H2,1-2H3,(H,38,46)(H,39,47)(H,43,44)(H2,35,36,37)/t19-,23-,26-,27-,28-,33+,53?/m0/s1. The number of ether oxygens (including phenoxy) is 3. The fraction of sp³-hybridized carbons (Fsp3) is 0.333. The first kappa shape index (κ1) is 38.6. The molecular weight excluding hydrogens is 717 g/mol. The SMILES string of the molecule is COC(=O)[C@H](C)NP(=O)(OC[C@@]1(C#N)O[C@@H](c2ccc3c(N)ncnn23)[C@H](O)[C@@H]1O)Oc1ccc(C[C@H](NC(=O)OCc2ccccc2)C(=O)O)cc1. The number of nitrogens with zero attached hydrogens (tertiary/aromatic N) is 4. The number of benzene rings is 2. The number of aliphatic hydroxyl groups is 2. The van der Waals surface area contributed by atoms with Crippen molar-refractivity contribution in [2.24, 2.45) is 0 Å². The highest BCUT2D eigenvalue weighted by molar-refractivity contribution is 7.52. The lowest BCUT2D eigenvalue weighted by atomic mass is 9.96. The number of nitrogens with two attached hydrogens (primary N) is 1. The van der Waals surface area contributed by atoms with Crippen LogP contribution in [0.4, 0.5) is 10.6 Å². The van der Waals surface area contributed by atoms with E-state index in [4.69, 9.17) is 29.0 Å². The number of hydrogen-bond acceptors (Lipinski definition) is 15. The molecule has 7 atom stereocenters. The summed E-state index contributed by atoms with van der Waals surface area (Å²) in [6, 6.07) is 16.6. The number of aliphatic hydroxyl groups excluding tert-OH is 2. The van der Waals surface area contributed by atoms with E-state index < -0.39 is 68.4 Å². The number of amides is 1. The summed E-state index contributed by atoms with van der Waals surface area (Å²) in [5.74, 6) is -2.12. The summed E-state index contributed by atoms with van der Waals surface area (Å²) in [7, 11) is -3.54. The number of aliphatic carboxylic acids is 1. The molecule has 2 aromatic carbocycles. The Morgan fingerprint density at radius 3 is 2.49 bits per heavy atom. The first-order chi connectivity index (χ1) is 25.3. The molecule has 1 amide bonds. The molecule has 4 aromatic rings. The van der Waals surface area contributed by atoms with Gasteiger partial charge in [0.1, 0.15) is 67.3 Å². The van der Waals surface area contributed by atoms with Crippen molar-refractivity contribution in [2.45, 2.75) is 55.9 Å². The van der Waals surface area contributed by atoms with Crippen LogP contribution in [-0.4, -0.2) is 91.6 Å². The Bertz CT molecular complexity index is 2030. The molecule has 5 rings (SSSR count). The molecule has 3 heterocycles. The molecule has 0 saturated carbocycles.